The molecule has 0 bridgehead atoms. The van der Waals surface area contributed by atoms with Gasteiger partial charge in [0.1, 0.15) is 0 Å². The second-order valence-electron chi connectivity index (χ2n) is 7.36. The van der Waals surface area contributed by atoms with E-state index < -0.39 is 0 Å². The van der Waals surface area contributed by atoms with Crippen molar-refractivity contribution in [3.63, 3.8) is 0 Å². The van der Waals surface area contributed by atoms with Crippen LogP contribution in [0.1, 0.15) is 31.7 Å². The molecule has 6 heteroatoms. The van der Waals surface area contributed by atoms with Crippen LogP contribution in [-0.4, -0.2) is 34.8 Å². The fourth-order valence-electron chi connectivity index (χ4n) is 3.70. The summed E-state index contributed by atoms with van der Waals surface area (Å²) in [6, 6.07) is 18.9. The Morgan fingerprint density at radius 1 is 0.966 bits per heavy atom. The van der Waals surface area contributed by atoms with E-state index in [9.17, 15) is 0 Å². The molecule has 0 saturated carbocycles. The number of anilines is 4. The molecule has 1 aromatic heterocycles. The molecule has 1 N–H and O–H groups in total. The molecule has 4 rings (SSSR count). The Hall–Kier alpha value is -3.15. The van der Waals surface area contributed by atoms with E-state index in [0.29, 0.717) is 5.95 Å². The third-order valence-corrected chi connectivity index (χ3v) is 5.31. The Morgan fingerprint density at radius 2 is 1.72 bits per heavy atom. The Kier molecular flexibility index (Phi) is 6.19. The van der Waals surface area contributed by atoms with E-state index in [-0.39, 0.29) is 0 Å². The number of rotatable bonds is 7. The van der Waals surface area contributed by atoms with E-state index in [2.05, 4.69) is 85.8 Å². The van der Waals surface area contributed by atoms with E-state index in [1.54, 1.807) is 6.20 Å². The SMILES string of the molecule is CCN(Cc1ccccc1)c1cnnc(Nc2ccc(N3CCCCC3)cc2)n1. The van der Waals surface area contributed by atoms with Crippen molar-refractivity contribution < 1.29 is 0 Å². The van der Waals surface area contributed by atoms with Gasteiger partial charge < -0.3 is 15.1 Å². The van der Waals surface area contributed by atoms with E-state index >= 15 is 0 Å². The van der Waals surface area contributed by atoms with Crippen molar-refractivity contribution in [2.24, 2.45) is 0 Å². The van der Waals surface area contributed by atoms with Gasteiger partial charge in [0.05, 0.1) is 6.20 Å². The Morgan fingerprint density at radius 3 is 2.45 bits per heavy atom. The molecule has 0 unspecified atom stereocenters. The standard InChI is InChI=1S/C23H28N6/c1-2-28(18-19-9-5-3-6-10-19)22-17-24-27-23(26-22)25-20-11-13-21(14-12-20)29-15-7-4-8-16-29/h3,5-6,9-14,17H,2,4,7-8,15-16,18H2,1H3,(H,25,26,27). The van der Waals surface area contributed by atoms with Crippen LogP contribution in [0.2, 0.25) is 0 Å². The number of nitrogens with zero attached hydrogens (tertiary/aromatic N) is 5. The number of piperidine rings is 1. The number of hydrogen-bond donors (Lipinski definition) is 1. The van der Waals surface area contributed by atoms with Crippen molar-refractivity contribution in [1.82, 2.24) is 15.2 Å². The fourth-order valence-corrected chi connectivity index (χ4v) is 3.70. The molecule has 2 heterocycles. The zero-order valence-electron chi connectivity index (χ0n) is 17.0. The summed E-state index contributed by atoms with van der Waals surface area (Å²) in [6.07, 6.45) is 5.62. The molecular formula is C23H28N6. The van der Waals surface area contributed by atoms with Crippen LogP contribution in [-0.2, 0) is 6.54 Å². The molecule has 0 radical (unpaired) electrons. The minimum absolute atomic E-state index is 0.514. The summed E-state index contributed by atoms with van der Waals surface area (Å²) in [6.45, 7) is 6.06. The van der Waals surface area contributed by atoms with Gasteiger partial charge in [-0.05, 0) is 56.0 Å². The maximum atomic E-state index is 4.68. The zero-order valence-corrected chi connectivity index (χ0v) is 17.0. The van der Waals surface area contributed by atoms with Gasteiger partial charge in [0.15, 0.2) is 5.82 Å². The van der Waals surface area contributed by atoms with Crippen LogP contribution in [0.15, 0.2) is 60.8 Å². The molecule has 29 heavy (non-hydrogen) atoms. The first-order valence-electron chi connectivity index (χ1n) is 10.4. The summed E-state index contributed by atoms with van der Waals surface area (Å²) in [4.78, 5) is 9.32. The van der Waals surface area contributed by atoms with E-state index in [4.69, 9.17) is 0 Å². The van der Waals surface area contributed by atoms with Crippen LogP contribution < -0.4 is 15.1 Å². The van der Waals surface area contributed by atoms with Crippen molar-refractivity contribution >= 4 is 23.1 Å². The van der Waals surface area contributed by atoms with Gasteiger partial charge in [-0.2, -0.15) is 10.1 Å². The number of aromatic nitrogens is 3. The molecule has 6 nitrogen and oxygen atoms in total. The Labute approximate surface area is 172 Å². The molecule has 1 aliphatic rings. The first-order valence-corrected chi connectivity index (χ1v) is 10.4. The molecule has 2 aromatic carbocycles. The third-order valence-electron chi connectivity index (χ3n) is 5.31. The topological polar surface area (TPSA) is 57.2 Å². The summed E-state index contributed by atoms with van der Waals surface area (Å²) in [5.74, 6) is 1.33. The predicted octanol–water partition coefficient (Wildman–Crippen LogP) is 4.63. The monoisotopic (exact) mass is 388 g/mol. The maximum absolute atomic E-state index is 4.68. The van der Waals surface area contributed by atoms with E-state index in [1.165, 1.54) is 30.5 Å². The van der Waals surface area contributed by atoms with Crippen molar-refractivity contribution in [2.75, 3.05) is 34.8 Å². The van der Waals surface area contributed by atoms with Gasteiger partial charge in [0.2, 0.25) is 5.95 Å². The maximum Gasteiger partial charge on any atom is 0.249 e. The van der Waals surface area contributed by atoms with E-state index in [0.717, 1.165) is 37.7 Å². The smallest absolute Gasteiger partial charge is 0.249 e. The first kappa shape index (κ1) is 19.2. The van der Waals surface area contributed by atoms with Gasteiger partial charge >= 0.3 is 0 Å². The lowest BCUT2D eigenvalue weighted by atomic mass is 10.1. The van der Waals surface area contributed by atoms with Crippen LogP contribution in [0.25, 0.3) is 0 Å². The summed E-state index contributed by atoms with van der Waals surface area (Å²) in [5, 5.41) is 11.6. The van der Waals surface area contributed by atoms with Gasteiger partial charge in [-0.3, -0.25) is 0 Å². The number of hydrogen-bond acceptors (Lipinski definition) is 6. The quantitative estimate of drug-likeness (QED) is 0.637. The summed E-state index contributed by atoms with van der Waals surface area (Å²) < 4.78 is 0. The van der Waals surface area contributed by atoms with Crippen molar-refractivity contribution in [3.05, 3.63) is 66.4 Å². The first-order chi connectivity index (χ1) is 14.3. The molecule has 3 aromatic rings. The molecule has 1 fully saturated rings. The molecule has 0 atom stereocenters. The largest absolute Gasteiger partial charge is 0.372 e. The molecule has 150 valence electrons. The highest BCUT2D eigenvalue weighted by atomic mass is 15.3. The lowest BCUT2D eigenvalue weighted by Gasteiger charge is -2.28. The van der Waals surface area contributed by atoms with Crippen molar-refractivity contribution in [2.45, 2.75) is 32.7 Å². The highest BCUT2D eigenvalue weighted by Crippen LogP contribution is 2.23. The van der Waals surface area contributed by atoms with Crippen molar-refractivity contribution in [3.8, 4) is 0 Å². The van der Waals surface area contributed by atoms with Crippen LogP contribution in [0, 0.1) is 0 Å². The van der Waals surface area contributed by atoms with Crippen LogP contribution in [0.4, 0.5) is 23.1 Å². The fraction of sp³-hybridized carbons (Fsp3) is 0.348. The van der Waals surface area contributed by atoms with E-state index in [1.807, 2.05) is 6.07 Å². The molecule has 0 aliphatic carbocycles. The lowest BCUT2D eigenvalue weighted by Crippen LogP contribution is -2.29. The highest BCUT2D eigenvalue weighted by molar-refractivity contribution is 5.60. The summed E-state index contributed by atoms with van der Waals surface area (Å²) in [7, 11) is 0. The molecule has 0 amide bonds. The zero-order chi connectivity index (χ0) is 19.9. The Bertz CT molecular complexity index is 891. The minimum Gasteiger partial charge on any atom is -0.372 e. The second-order valence-corrected chi connectivity index (χ2v) is 7.36. The average Bonchev–Trinajstić information content (AvgIpc) is 2.79. The van der Waals surface area contributed by atoms with Crippen molar-refractivity contribution in [1.29, 1.82) is 0 Å². The van der Waals surface area contributed by atoms with Gasteiger partial charge in [-0.1, -0.05) is 30.3 Å². The van der Waals surface area contributed by atoms with Gasteiger partial charge in [0, 0.05) is 37.6 Å². The molecular weight excluding hydrogens is 360 g/mol. The Balaban J connectivity index is 1.44. The third kappa shape index (κ3) is 5.02. The predicted molar refractivity (Wildman–Crippen MR) is 119 cm³/mol. The lowest BCUT2D eigenvalue weighted by molar-refractivity contribution is 0.578. The van der Waals surface area contributed by atoms with Crippen LogP contribution in [0.3, 0.4) is 0 Å². The highest BCUT2D eigenvalue weighted by Gasteiger charge is 2.12. The molecule has 0 spiro atoms. The van der Waals surface area contributed by atoms with Gasteiger partial charge in [0.25, 0.3) is 0 Å². The molecule has 1 aliphatic heterocycles. The molecule has 1 saturated heterocycles. The number of nitrogens with one attached hydrogen (secondary N) is 1. The van der Waals surface area contributed by atoms with Crippen LogP contribution >= 0.6 is 0 Å². The second kappa shape index (κ2) is 9.37. The summed E-state index contributed by atoms with van der Waals surface area (Å²) >= 11 is 0. The normalized spacial score (nSPS) is 13.9. The summed E-state index contributed by atoms with van der Waals surface area (Å²) in [5.41, 5.74) is 3.50. The minimum atomic E-state index is 0.514. The van der Waals surface area contributed by atoms with Gasteiger partial charge in [-0.15, -0.1) is 5.10 Å². The number of benzene rings is 2. The average molecular weight is 389 g/mol. The van der Waals surface area contributed by atoms with Gasteiger partial charge in [-0.25, -0.2) is 0 Å². The van der Waals surface area contributed by atoms with Crippen LogP contribution in [0.5, 0.6) is 0 Å².